The smallest absolute Gasteiger partial charge is 0.257 e. The van der Waals surface area contributed by atoms with Gasteiger partial charge in [0.15, 0.2) is 6.61 Å². The molecule has 5 nitrogen and oxygen atoms in total. The number of hydrogen-bond donors (Lipinski definition) is 1. The summed E-state index contributed by atoms with van der Waals surface area (Å²) in [6.07, 6.45) is 2.42. The van der Waals surface area contributed by atoms with E-state index >= 15 is 0 Å². The van der Waals surface area contributed by atoms with Gasteiger partial charge in [0.05, 0.1) is 16.3 Å². The van der Waals surface area contributed by atoms with Gasteiger partial charge in [0.1, 0.15) is 5.75 Å². The number of carbonyl (C=O) groups is 2. The third-order valence-corrected chi connectivity index (χ3v) is 5.10. The normalized spacial score (nSPS) is 15.3. The number of benzene rings is 2. The maximum absolute atomic E-state index is 12.3. The molecule has 0 spiro atoms. The zero-order valence-electron chi connectivity index (χ0n) is 15.6. The molecule has 2 aromatic rings. The molecule has 1 heterocycles. The summed E-state index contributed by atoms with van der Waals surface area (Å²) in [5.41, 5.74) is 2.06. The lowest BCUT2D eigenvalue weighted by Gasteiger charge is -2.15. The first-order valence-electron chi connectivity index (χ1n) is 8.90. The van der Waals surface area contributed by atoms with Crippen molar-refractivity contribution in [1.82, 2.24) is 5.32 Å². The maximum atomic E-state index is 12.3. The Hall–Kier alpha value is -2.37. The molecule has 1 aliphatic heterocycles. The van der Waals surface area contributed by atoms with Gasteiger partial charge in [0, 0.05) is 16.8 Å². The predicted molar refractivity (Wildman–Crippen MR) is 109 cm³/mol. The second kappa shape index (κ2) is 8.76. The first kappa shape index (κ1) is 20.4. The fourth-order valence-electron chi connectivity index (χ4n) is 3.00. The summed E-state index contributed by atoms with van der Waals surface area (Å²) in [5, 5.41) is 5.33. The predicted octanol–water partition coefficient (Wildman–Crippen LogP) is 2.75. The molecule has 0 radical (unpaired) electrons. The molecule has 2 amide bonds. The zero-order chi connectivity index (χ0) is 20.3. The highest BCUT2D eigenvalue weighted by atomic mass is 35.5. The topological polar surface area (TPSA) is 67.8 Å². The third-order valence-electron chi connectivity index (χ3n) is 4.57. The van der Waals surface area contributed by atoms with Crippen molar-refractivity contribution in [3.05, 3.63) is 62.1 Å². The van der Waals surface area contributed by atoms with Crippen molar-refractivity contribution in [2.75, 3.05) is 13.2 Å². The highest BCUT2D eigenvalue weighted by Crippen LogP contribution is 2.27. The summed E-state index contributed by atoms with van der Waals surface area (Å²) >= 11 is 11.8. The monoisotopic (exact) mass is 418 g/mol. The van der Waals surface area contributed by atoms with E-state index in [1.54, 1.807) is 18.2 Å². The SMILES string of the molecule is Cc1ccc(C)c2c1=CC(CCNC(=O)COc1ccc(Cl)cc1Cl)C(=O)N=2. The van der Waals surface area contributed by atoms with E-state index < -0.39 is 0 Å². The van der Waals surface area contributed by atoms with Crippen LogP contribution in [0.4, 0.5) is 0 Å². The standard InChI is InChI=1S/C21H20Cl2N2O3/c1-12-3-4-13(2)20-16(12)9-14(21(27)25-20)7-8-24-19(26)11-28-18-6-5-15(22)10-17(18)23/h3-6,9-10,14H,7-8,11H2,1-2H3,(H,24,26). The van der Waals surface area contributed by atoms with Crippen molar-refractivity contribution >= 4 is 41.1 Å². The molecule has 0 saturated carbocycles. The van der Waals surface area contributed by atoms with Crippen molar-refractivity contribution in [3.63, 3.8) is 0 Å². The van der Waals surface area contributed by atoms with Gasteiger partial charge in [-0.05, 0) is 49.6 Å². The Morgan fingerprint density at radius 2 is 1.93 bits per heavy atom. The first-order valence-corrected chi connectivity index (χ1v) is 9.66. The van der Waals surface area contributed by atoms with E-state index in [2.05, 4.69) is 10.3 Å². The van der Waals surface area contributed by atoms with Gasteiger partial charge in [-0.1, -0.05) is 41.4 Å². The largest absolute Gasteiger partial charge is 0.482 e. The van der Waals surface area contributed by atoms with Crippen LogP contribution in [0.15, 0.2) is 35.3 Å². The van der Waals surface area contributed by atoms with Crippen molar-refractivity contribution in [1.29, 1.82) is 0 Å². The van der Waals surface area contributed by atoms with Crippen LogP contribution in [0.5, 0.6) is 5.75 Å². The van der Waals surface area contributed by atoms with Gasteiger partial charge in [0.25, 0.3) is 11.8 Å². The number of ether oxygens (including phenoxy) is 1. The number of aryl methyl sites for hydroxylation is 2. The van der Waals surface area contributed by atoms with E-state index in [4.69, 9.17) is 27.9 Å². The average molecular weight is 419 g/mol. The highest BCUT2D eigenvalue weighted by Gasteiger charge is 2.19. The minimum absolute atomic E-state index is 0.171. The fraction of sp³-hybridized carbons (Fsp3) is 0.286. The number of nitrogens with one attached hydrogen (secondary N) is 1. The summed E-state index contributed by atoms with van der Waals surface area (Å²) < 4.78 is 5.40. The molecule has 2 aromatic carbocycles. The average Bonchev–Trinajstić information content (AvgIpc) is 2.65. The molecule has 0 saturated heterocycles. The summed E-state index contributed by atoms with van der Waals surface area (Å²) in [7, 11) is 0. The molecule has 146 valence electrons. The number of nitrogens with zero attached hydrogens (tertiary/aromatic N) is 1. The minimum Gasteiger partial charge on any atom is -0.482 e. The quantitative estimate of drug-likeness (QED) is 0.783. The van der Waals surface area contributed by atoms with Crippen LogP contribution in [0.25, 0.3) is 6.08 Å². The molecule has 1 atom stereocenters. The number of carbonyl (C=O) groups excluding carboxylic acids is 2. The molecular formula is C21H20Cl2N2O3. The molecule has 0 aliphatic carbocycles. The lowest BCUT2D eigenvalue weighted by molar-refractivity contribution is -0.124. The zero-order valence-corrected chi connectivity index (χ0v) is 17.1. The van der Waals surface area contributed by atoms with Crippen LogP contribution >= 0.6 is 23.2 Å². The highest BCUT2D eigenvalue weighted by molar-refractivity contribution is 6.35. The summed E-state index contributed by atoms with van der Waals surface area (Å²) in [4.78, 5) is 28.5. The van der Waals surface area contributed by atoms with Gasteiger partial charge in [0.2, 0.25) is 0 Å². The number of rotatable bonds is 6. The van der Waals surface area contributed by atoms with Gasteiger partial charge in [-0.25, -0.2) is 4.99 Å². The Morgan fingerprint density at radius 1 is 1.18 bits per heavy atom. The summed E-state index contributed by atoms with van der Waals surface area (Å²) in [6.45, 7) is 4.11. The van der Waals surface area contributed by atoms with Crippen molar-refractivity contribution in [3.8, 4) is 5.75 Å². The van der Waals surface area contributed by atoms with E-state index in [1.165, 1.54) is 0 Å². The number of hydrogen-bond acceptors (Lipinski definition) is 3. The van der Waals surface area contributed by atoms with E-state index in [1.807, 2.05) is 32.1 Å². The Bertz CT molecular complexity index is 1050. The van der Waals surface area contributed by atoms with Crippen molar-refractivity contribution in [2.45, 2.75) is 20.3 Å². The number of halogens is 2. The van der Waals surface area contributed by atoms with Crippen molar-refractivity contribution in [2.24, 2.45) is 10.9 Å². The molecule has 1 N–H and O–H groups in total. The summed E-state index contributed by atoms with van der Waals surface area (Å²) in [6, 6.07) is 8.78. The van der Waals surface area contributed by atoms with Gasteiger partial charge >= 0.3 is 0 Å². The van der Waals surface area contributed by atoms with Gasteiger partial charge < -0.3 is 10.1 Å². The Balaban J connectivity index is 1.54. The Kier molecular flexibility index (Phi) is 6.37. The molecule has 3 rings (SSSR count). The van der Waals surface area contributed by atoms with Crippen LogP contribution in [-0.2, 0) is 9.59 Å². The Morgan fingerprint density at radius 3 is 2.68 bits per heavy atom. The second-order valence-corrected chi connectivity index (χ2v) is 7.53. The molecule has 28 heavy (non-hydrogen) atoms. The fourth-order valence-corrected chi connectivity index (χ4v) is 3.47. The van der Waals surface area contributed by atoms with Crippen LogP contribution in [-0.4, -0.2) is 25.0 Å². The molecular weight excluding hydrogens is 399 g/mol. The van der Waals surface area contributed by atoms with Crippen molar-refractivity contribution < 1.29 is 14.3 Å². The van der Waals surface area contributed by atoms with E-state index in [0.717, 1.165) is 21.7 Å². The van der Waals surface area contributed by atoms with Crippen LogP contribution in [0.2, 0.25) is 10.0 Å². The minimum atomic E-state index is -0.347. The molecule has 1 unspecified atom stereocenters. The summed E-state index contributed by atoms with van der Waals surface area (Å²) in [5.74, 6) is -0.434. The van der Waals surface area contributed by atoms with Crippen LogP contribution in [0, 0.1) is 19.8 Å². The van der Waals surface area contributed by atoms with E-state index in [0.29, 0.717) is 28.8 Å². The maximum Gasteiger partial charge on any atom is 0.257 e. The van der Waals surface area contributed by atoms with Gasteiger partial charge in [-0.3, -0.25) is 9.59 Å². The molecule has 0 aromatic heterocycles. The van der Waals surface area contributed by atoms with Gasteiger partial charge in [-0.2, -0.15) is 0 Å². The lowest BCUT2D eigenvalue weighted by atomic mass is 9.97. The van der Waals surface area contributed by atoms with Gasteiger partial charge in [-0.15, -0.1) is 0 Å². The molecule has 1 aliphatic rings. The second-order valence-electron chi connectivity index (χ2n) is 6.69. The Labute approximate surface area is 173 Å². The van der Waals surface area contributed by atoms with Crippen LogP contribution < -0.4 is 20.6 Å². The number of fused-ring (bicyclic) bond motifs is 1. The van der Waals surface area contributed by atoms with E-state index in [-0.39, 0.29) is 24.3 Å². The van der Waals surface area contributed by atoms with E-state index in [9.17, 15) is 9.59 Å². The first-order chi connectivity index (χ1) is 13.3. The lowest BCUT2D eigenvalue weighted by Crippen LogP contribution is -2.38. The van der Waals surface area contributed by atoms with Crippen LogP contribution in [0.3, 0.4) is 0 Å². The number of amides is 2. The molecule has 0 bridgehead atoms. The third kappa shape index (κ3) is 4.72. The molecule has 7 heteroatoms. The molecule has 0 fully saturated rings. The van der Waals surface area contributed by atoms with Crippen LogP contribution in [0.1, 0.15) is 17.5 Å².